The van der Waals surface area contributed by atoms with Gasteiger partial charge in [0, 0.05) is 25.6 Å². The van der Waals surface area contributed by atoms with Crippen LogP contribution in [0.25, 0.3) is 10.8 Å². The first kappa shape index (κ1) is 17.8. The van der Waals surface area contributed by atoms with Gasteiger partial charge in [0.2, 0.25) is 10.0 Å². The first-order valence-electron chi connectivity index (χ1n) is 8.14. The zero-order chi connectivity index (χ0) is 18.0. The largest absolute Gasteiger partial charge is 0.379 e. The number of fused-ring (bicyclic) bond motifs is 1. The Morgan fingerprint density at radius 1 is 1.16 bits per heavy atom. The molecule has 2 unspecified atom stereocenters. The van der Waals surface area contributed by atoms with Crippen LogP contribution >= 0.6 is 0 Å². The second kappa shape index (κ2) is 7.11. The molecule has 1 aliphatic rings. The van der Waals surface area contributed by atoms with Crippen LogP contribution in [-0.2, 0) is 14.8 Å². The van der Waals surface area contributed by atoms with Crippen LogP contribution in [0.1, 0.15) is 10.4 Å². The average molecular weight is 362 g/mol. The van der Waals surface area contributed by atoms with Crippen LogP contribution < -0.4 is 5.32 Å². The number of nitrogens with zero attached hydrogens (tertiary/aromatic N) is 1. The van der Waals surface area contributed by atoms with E-state index in [9.17, 15) is 13.2 Å². The van der Waals surface area contributed by atoms with Gasteiger partial charge in [-0.3, -0.25) is 4.79 Å². The van der Waals surface area contributed by atoms with Crippen LogP contribution in [-0.4, -0.2) is 57.7 Å². The highest BCUT2D eigenvalue weighted by Crippen LogP contribution is 2.19. The molecule has 2 aromatic rings. The van der Waals surface area contributed by atoms with Gasteiger partial charge in [-0.1, -0.05) is 30.3 Å². The van der Waals surface area contributed by atoms with E-state index in [2.05, 4.69) is 5.32 Å². The molecule has 1 amide bonds. The minimum Gasteiger partial charge on any atom is -0.379 e. The summed E-state index contributed by atoms with van der Waals surface area (Å²) in [4.78, 5) is 12.6. The predicted molar refractivity (Wildman–Crippen MR) is 97.0 cm³/mol. The van der Waals surface area contributed by atoms with Gasteiger partial charge in [0.05, 0.1) is 25.0 Å². The highest BCUT2D eigenvalue weighted by atomic mass is 32.2. The Hall–Kier alpha value is -1.96. The van der Waals surface area contributed by atoms with Gasteiger partial charge < -0.3 is 10.1 Å². The Labute approximate surface area is 147 Å². The molecule has 1 N–H and O–H groups in total. The number of carbonyl (C=O) groups is 1. The van der Waals surface area contributed by atoms with Crippen molar-refractivity contribution in [1.29, 1.82) is 0 Å². The summed E-state index contributed by atoms with van der Waals surface area (Å²) >= 11 is 0. The lowest BCUT2D eigenvalue weighted by molar-refractivity contribution is 0.0926. The first-order chi connectivity index (χ1) is 11.9. The molecule has 1 fully saturated rings. The molecule has 134 valence electrons. The second-order valence-electron chi connectivity index (χ2n) is 6.50. The Kier molecular flexibility index (Phi) is 5.08. The van der Waals surface area contributed by atoms with Crippen molar-refractivity contribution in [2.75, 3.05) is 33.1 Å². The topological polar surface area (TPSA) is 75.7 Å². The van der Waals surface area contributed by atoms with Crippen molar-refractivity contribution >= 4 is 26.7 Å². The smallest absolute Gasteiger partial charge is 0.251 e. The van der Waals surface area contributed by atoms with Crippen molar-refractivity contribution in [3.8, 4) is 0 Å². The number of sulfonamides is 1. The summed E-state index contributed by atoms with van der Waals surface area (Å²) < 4.78 is 30.8. The van der Waals surface area contributed by atoms with E-state index in [0.29, 0.717) is 18.8 Å². The van der Waals surface area contributed by atoms with E-state index in [1.54, 1.807) is 6.07 Å². The number of hydrogen-bond donors (Lipinski definition) is 1. The Balaban J connectivity index is 1.72. The number of ether oxygens (including phenoxy) is 1. The molecule has 25 heavy (non-hydrogen) atoms. The van der Waals surface area contributed by atoms with E-state index in [0.717, 1.165) is 10.8 Å². The molecule has 7 heteroatoms. The lowest BCUT2D eigenvalue weighted by Crippen LogP contribution is -2.43. The third-order valence-electron chi connectivity index (χ3n) is 4.51. The van der Waals surface area contributed by atoms with Gasteiger partial charge in [-0.05, 0) is 22.9 Å². The fraction of sp³-hybridized carbons (Fsp3) is 0.389. The lowest BCUT2D eigenvalue weighted by atomic mass is 10.0. The van der Waals surface area contributed by atoms with Gasteiger partial charge in [-0.15, -0.1) is 0 Å². The molecule has 0 aliphatic carbocycles. The average Bonchev–Trinajstić information content (AvgIpc) is 3.00. The summed E-state index contributed by atoms with van der Waals surface area (Å²) in [5, 5.41) is 4.98. The summed E-state index contributed by atoms with van der Waals surface area (Å²) in [5.74, 6) is -0.506. The maximum atomic E-state index is 12.6. The maximum Gasteiger partial charge on any atom is 0.251 e. The summed E-state index contributed by atoms with van der Waals surface area (Å²) in [5.41, 5.74) is 0.555. The van der Waals surface area contributed by atoms with Crippen molar-refractivity contribution in [1.82, 2.24) is 9.62 Å². The third kappa shape index (κ3) is 4.00. The fourth-order valence-corrected chi connectivity index (χ4v) is 4.09. The second-order valence-corrected chi connectivity index (χ2v) is 8.73. The van der Waals surface area contributed by atoms with E-state index >= 15 is 0 Å². The lowest BCUT2D eigenvalue weighted by Gasteiger charge is -2.21. The molecular weight excluding hydrogens is 340 g/mol. The van der Waals surface area contributed by atoms with Crippen LogP contribution in [0.5, 0.6) is 0 Å². The summed E-state index contributed by atoms with van der Waals surface area (Å²) in [6, 6.07) is 13.0. The summed E-state index contributed by atoms with van der Waals surface area (Å²) in [6.45, 7) is 0.655. The van der Waals surface area contributed by atoms with Crippen molar-refractivity contribution in [2.24, 2.45) is 5.92 Å². The van der Waals surface area contributed by atoms with Crippen molar-refractivity contribution < 1.29 is 17.9 Å². The number of amides is 1. The van der Waals surface area contributed by atoms with Gasteiger partial charge >= 0.3 is 0 Å². The van der Waals surface area contributed by atoms with Gasteiger partial charge in [-0.2, -0.15) is 0 Å². The zero-order valence-corrected chi connectivity index (χ0v) is 15.1. The molecule has 1 saturated heterocycles. The number of benzene rings is 2. The predicted octanol–water partition coefficient (Wildman–Crippen LogP) is 1.48. The molecule has 0 spiro atoms. The van der Waals surface area contributed by atoms with Crippen LogP contribution in [0, 0.1) is 5.92 Å². The molecule has 2 atom stereocenters. The summed E-state index contributed by atoms with van der Waals surface area (Å²) in [6.07, 6.45) is 0. The summed E-state index contributed by atoms with van der Waals surface area (Å²) in [7, 11) is -0.326. The van der Waals surface area contributed by atoms with E-state index in [1.807, 2.05) is 36.4 Å². The number of carbonyl (C=O) groups excluding carboxylic acids is 1. The van der Waals surface area contributed by atoms with Crippen LogP contribution in [0.2, 0.25) is 0 Å². The minimum absolute atomic E-state index is 0.0390. The van der Waals surface area contributed by atoms with Crippen LogP contribution in [0.3, 0.4) is 0 Å². The molecule has 0 aromatic heterocycles. The number of nitrogens with one attached hydrogen (secondary N) is 1. The van der Waals surface area contributed by atoms with Crippen molar-refractivity contribution in [3.05, 3.63) is 48.0 Å². The van der Waals surface area contributed by atoms with Crippen molar-refractivity contribution in [3.63, 3.8) is 0 Å². The SMILES string of the molecule is CN(C)S(=O)(=O)CC1COCC1NC(=O)c1ccc2ccccc2c1. The molecular formula is C18H22N2O4S. The van der Waals surface area contributed by atoms with Crippen LogP contribution in [0.15, 0.2) is 42.5 Å². The first-order valence-corrected chi connectivity index (χ1v) is 9.75. The third-order valence-corrected chi connectivity index (χ3v) is 6.47. The van der Waals surface area contributed by atoms with Gasteiger partial charge in [0.15, 0.2) is 0 Å². The van der Waals surface area contributed by atoms with E-state index in [4.69, 9.17) is 4.74 Å². The Morgan fingerprint density at radius 2 is 1.88 bits per heavy atom. The van der Waals surface area contributed by atoms with Crippen LogP contribution in [0.4, 0.5) is 0 Å². The standard InChI is InChI=1S/C18H22N2O4S/c1-20(2)25(22,23)12-16-10-24-11-17(16)19-18(21)15-8-7-13-5-3-4-6-14(13)9-15/h3-9,16-17H,10-12H2,1-2H3,(H,19,21). The number of hydrogen-bond acceptors (Lipinski definition) is 4. The van der Waals surface area contributed by atoms with Gasteiger partial charge in [-0.25, -0.2) is 12.7 Å². The maximum absolute atomic E-state index is 12.6. The van der Waals surface area contributed by atoms with Gasteiger partial charge in [0.25, 0.3) is 5.91 Å². The monoisotopic (exact) mass is 362 g/mol. The molecule has 6 nitrogen and oxygen atoms in total. The molecule has 2 aromatic carbocycles. The quantitative estimate of drug-likeness (QED) is 0.874. The molecule has 1 heterocycles. The molecule has 0 radical (unpaired) electrons. The molecule has 0 bridgehead atoms. The highest BCUT2D eigenvalue weighted by Gasteiger charge is 2.34. The normalized spacial score (nSPS) is 20.9. The number of rotatable bonds is 5. The van der Waals surface area contributed by atoms with E-state index < -0.39 is 10.0 Å². The molecule has 1 aliphatic heterocycles. The van der Waals surface area contributed by atoms with E-state index in [-0.39, 0.29) is 23.6 Å². The van der Waals surface area contributed by atoms with Gasteiger partial charge in [0.1, 0.15) is 0 Å². The fourth-order valence-electron chi connectivity index (χ4n) is 2.92. The van der Waals surface area contributed by atoms with Crippen molar-refractivity contribution in [2.45, 2.75) is 6.04 Å². The highest BCUT2D eigenvalue weighted by molar-refractivity contribution is 7.89. The van der Waals surface area contributed by atoms with E-state index in [1.165, 1.54) is 18.4 Å². The minimum atomic E-state index is -3.34. The Morgan fingerprint density at radius 3 is 2.60 bits per heavy atom. The molecule has 0 saturated carbocycles. The zero-order valence-electron chi connectivity index (χ0n) is 14.3. The Bertz CT molecular complexity index is 880. The molecule has 3 rings (SSSR count).